The fourth-order valence-electron chi connectivity index (χ4n) is 3.88. The molecule has 0 bridgehead atoms. The molecular formula is C21H26Cl2N4O3. The Hall–Kier alpha value is -2.09. The van der Waals surface area contributed by atoms with E-state index in [4.69, 9.17) is 28.9 Å². The summed E-state index contributed by atoms with van der Waals surface area (Å²) in [6.07, 6.45) is 5.17. The highest BCUT2D eigenvalue weighted by molar-refractivity contribution is 6.42. The number of likely N-dealkylation sites (tertiary alicyclic amines) is 1. The van der Waals surface area contributed by atoms with Gasteiger partial charge < -0.3 is 15.5 Å². The van der Waals surface area contributed by atoms with Crippen molar-refractivity contribution >= 4 is 47.0 Å². The fraction of sp³-hybridized carbons (Fsp3) is 0.476. The third kappa shape index (κ3) is 5.74. The van der Waals surface area contributed by atoms with Crippen LogP contribution in [-0.4, -0.2) is 77.7 Å². The Morgan fingerprint density at radius 1 is 1.10 bits per heavy atom. The van der Waals surface area contributed by atoms with Crippen LogP contribution in [0.5, 0.6) is 0 Å². The second-order valence-electron chi connectivity index (χ2n) is 7.56. The minimum Gasteiger partial charge on any atom is -0.368 e. The van der Waals surface area contributed by atoms with Crippen LogP contribution < -0.4 is 5.73 Å². The number of halogens is 2. The summed E-state index contributed by atoms with van der Waals surface area (Å²) in [6, 6.07) is 4.92. The van der Waals surface area contributed by atoms with Crippen LogP contribution in [0.15, 0.2) is 24.3 Å². The Balaban J connectivity index is 1.53. The molecule has 2 aliphatic rings. The number of amides is 3. The molecule has 2 N–H and O–H groups in total. The van der Waals surface area contributed by atoms with E-state index in [2.05, 4.69) is 0 Å². The summed E-state index contributed by atoms with van der Waals surface area (Å²) in [6.45, 7) is 3.29. The lowest BCUT2D eigenvalue weighted by molar-refractivity contribution is -0.130. The van der Waals surface area contributed by atoms with E-state index in [1.165, 1.54) is 6.08 Å². The first-order valence-electron chi connectivity index (χ1n) is 10.1. The van der Waals surface area contributed by atoms with E-state index in [1.807, 2.05) is 4.90 Å². The molecule has 30 heavy (non-hydrogen) atoms. The molecule has 1 aromatic rings. The molecule has 0 radical (unpaired) electrons. The lowest BCUT2D eigenvalue weighted by atomic mass is 10.2. The third-order valence-corrected chi connectivity index (χ3v) is 6.35. The van der Waals surface area contributed by atoms with Crippen molar-refractivity contribution in [3.05, 3.63) is 39.9 Å². The first kappa shape index (κ1) is 22.6. The molecule has 0 aromatic heterocycles. The van der Waals surface area contributed by atoms with Crippen LogP contribution in [0.3, 0.4) is 0 Å². The van der Waals surface area contributed by atoms with Crippen LogP contribution in [0.25, 0.3) is 6.08 Å². The zero-order valence-corrected chi connectivity index (χ0v) is 18.2. The van der Waals surface area contributed by atoms with Crippen LogP contribution in [0.4, 0.5) is 0 Å². The number of nitrogens with two attached hydrogens (primary N) is 1. The van der Waals surface area contributed by atoms with Crippen molar-refractivity contribution in [3.8, 4) is 0 Å². The summed E-state index contributed by atoms with van der Waals surface area (Å²) in [7, 11) is 0. The minimum atomic E-state index is -0.305. The maximum atomic E-state index is 12.6. The van der Waals surface area contributed by atoms with Gasteiger partial charge in [-0.05, 0) is 43.2 Å². The van der Waals surface area contributed by atoms with Crippen LogP contribution >= 0.6 is 23.2 Å². The molecule has 2 saturated heterocycles. The van der Waals surface area contributed by atoms with E-state index in [0.29, 0.717) is 42.8 Å². The number of nitrogens with zero attached hydrogens (tertiary/aromatic N) is 3. The van der Waals surface area contributed by atoms with Gasteiger partial charge in [-0.3, -0.25) is 19.3 Å². The molecule has 2 fully saturated rings. The van der Waals surface area contributed by atoms with Crippen LogP contribution in [0.1, 0.15) is 24.8 Å². The smallest absolute Gasteiger partial charge is 0.246 e. The van der Waals surface area contributed by atoms with Gasteiger partial charge in [-0.1, -0.05) is 29.3 Å². The molecular weight excluding hydrogens is 427 g/mol. The normalized spacial score (nSPS) is 20.7. The predicted octanol–water partition coefficient (Wildman–Crippen LogP) is 2.02. The largest absolute Gasteiger partial charge is 0.368 e. The van der Waals surface area contributed by atoms with E-state index in [-0.39, 0.29) is 30.2 Å². The molecule has 3 amide bonds. The van der Waals surface area contributed by atoms with E-state index in [9.17, 15) is 14.4 Å². The summed E-state index contributed by atoms with van der Waals surface area (Å²) in [5.41, 5.74) is 6.24. The molecule has 1 unspecified atom stereocenters. The first-order chi connectivity index (χ1) is 14.3. The second-order valence-corrected chi connectivity index (χ2v) is 8.37. The highest BCUT2D eigenvalue weighted by atomic mass is 35.5. The van der Waals surface area contributed by atoms with Gasteiger partial charge in [0.2, 0.25) is 17.7 Å². The molecule has 2 aliphatic heterocycles. The van der Waals surface area contributed by atoms with Gasteiger partial charge in [-0.25, -0.2) is 0 Å². The maximum absolute atomic E-state index is 12.6. The quantitative estimate of drug-likeness (QED) is 0.668. The van der Waals surface area contributed by atoms with Gasteiger partial charge in [0, 0.05) is 45.2 Å². The molecule has 0 saturated carbocycles. The highest BCUT2D eigenvalue weighted by Crippen LogP contribution is 2.23. The van der Waals surface area contributed by atoms with Crippen molar-refractivity contribution in [3.63, 3.8) is 0 Å². The Bertz CT molecular complexity index is 846. The van der Waals surface area contributed by atoms with Gasteiger partial charge in [-0.15, -0.1) is 0 Å². The summed E-state index contributed by atoms with van der Waals surface area (Å²) in [4.78, 5) is 42.1. The van der Waals surface area contributed by atoms with Gasteiger partial charge in [0.25, 0.3) is 0 Å². The Labute approximate surface area is 186 Å². The van der Waals surface area contributed by atoms with Gasteiger partial charge in [0.05, 0.1) is 16.1 Å². The molecule has 1 atom stereocenters. The summed E-state index contributed by atoms with van der Waals surface area (Å²) >= 11 is 11.9. The summed E-state index contributed by atoms with van der Waals surface area (Å²) < 4.78 is 0. The number of benzene rings is 1. The van der Waals surface area contributed by atoms with Crippen molar-refractivity contribution < 1.29 is 14.4 Å². The number of primary amides is 1. The molecule has 162 valence electrons. The average Bonchev–Trinajstić information content (AvgIpc) is 3.11. The number of hydrogen-bond acceptors (Lipinski definition) is 4. The van der Waals surface area contributed by atoms with Gasteiger partial charge >= 0.3 is 0 Å². The van der Waals surface area contributed by atoms with Crippen LogP contribution in [0.2, 0.25) is 10.0 Å². The zero-order chi connectivity index (χ0) is 21.7. The van der Waals surface area contributed by atoms with E-state index >= 15 is 0 Å². The fourth-order valence-corrected chi connectivity index (χ4v) is 4.18. The topological polar surface area (TPSA) is 87.0 Å². The molecule has 2 heterocycles. The van der Waals surface area contributed by atoms with Gasteiger partial charge in [-0.2, -0.15) is 0 Å². The van der Waals surface area contributed by atoms with Crippen LogP contribution in [0, 0.1) is 0 Å². The lowest BCUT2D eigenvalue weighted by Gasteiger charge is -2.27. The van der Waals surface area contributed by atoms with Crippen molar-refractivity contribution in [2.45, 2.75) is 25.3 Å². The minimum absolute atomic E-state index is 0.0218. The predicted molar refractivity (Wildman–Crippen MR) is 117 cm³/mol. The molecule has 7 nitrogen and oxygen atoms in total. The first-order valence-corrected chi connectivity index (χ1v) is 10.8. The van der Waals surface area contributed by atoms with Gasteiger partial charge in [0.15, 0.2) is 0 Å². The Morgan fingerprint density at radius 2 is 1.90 bits per heavy atom. The Morgan fingerprint density at radius 3 is 2.63 bits per heavy atom. The van der Waals surface area contributed by atoms with E-state index in [1.54, 1.807) is 34.1 Å². The molecule has 9 heteroatoms. The van der Waals surface area contributed by atoms with E-state index < -0.39 is 0 Å². The van der Waals surface area contributed by atoms with Crippen LogP contribution in [-0.2, 0) is 14.4 Å². The summed E-state index contributed by atoms with van der Waals surface area (Å²) in [5, 5.41) is 0.890. The van der Waals surface area contributed by atoms with Crippen molar-refractivity contribution in [2.75, 3.05) is 39.3 Å². The Kier molecular flexibility index (Phi) is 7.75. The van der Waals surface area contributed by atoms with Crippen molar-refractivity contribution in [2.24, 2.45) is 5.73 Å². The summed E-state index contributed by atoms with van der Waals surface area (Å²) in [5.74, 6) is -0.433. The standard InChI is InChI=1S/C21H26Cl2N4O3/c22-16-5-3-15(14-17(16)23)4-6-19(28)26-9-7-20(29)27(13-12-26)11-10-25-8-1-2-18(25)21(24)30/h3-6,14,18H,1-2,7-13H2,(H2,24,30). The average molecular weight is 453 g/mol. The molecule has 1 aromatic carbocycles. The van der Waals surface area contributed by atoms with Crippen molar-refractivity contribution in [1.29, 1.82) is 0 Å². The highest BCUT2D eigenvalue weighted by Gasteiger charge is 2.30. The molecule has 0 aliphatic carbocycles. The zero-order valence-electron chi connectivity index (χ0n) is 16.7. The number of rotatable bonds is 6. The van der Waals surface area contributed by atoms with Gasteiger partial charge in [0.1, 0.15) is 0 Å². The SMILES string of the molecule is NC(=O)C1CCCN1CCN1CCN(C(=O)C=Cc2ccc(Cl)c(Cl)c2)CCC1=O. The number of hydrogen-bond donors (Lipinski definition) is 1. The lowest BCUT2D eigenvalue weighted by Crippen LogP contribution is -2.45. The molecule has 0 spiro atoms. The van der Waals surface area contributed by atoms with E-state index in [0.717, 1.165) is 24.9 Å². The third-order valence-electron chi connectivity index (χ3n) is 5.61. The second kappa shape index (κ2) is 10.3. The van der Waals surface area contributed by atoms with Crippen molar-refractivity contribution in [1.82, 2.24) is 14.7 Å². The maximum Gasteiger partial charge on any atom is 0.246 e. The number of carbonyl (C=O) groups is 3. The monoisotopic (exact) mass is 452 g/mol. The molecule has 3 rings (SSSR count). The number of carbonyl (C=O) groups excluding carboxylic acids is 3.